The average molecular weight is 280 g/mol. The minimum Gasteiger partial charge on any atom is -0.312 e. The van der Waals surface area contributed by atoms with Gasteiger partial charge in [0.2, 0.25) is 5.16 Å². The molecule has 1 N–H and O–H groups in total. The van der Waals surface area contributed by atoms with E-state index in [-0.39, 0.29) is 5.41 Å². The van der Waals surface area contributed by atoms with Crippen LogP contribution in [0.5, 0.6) is 0 Å². The van der Waals surface area contributed by atoms with Crippen LogP contribution in [0, 0.1) is 16.7 Å². The summed E-state index contributed by atoms with van der Waals surface area (Å²) < 4.78 is 1.83. The molecule has 0 saturated heterocycles. The second kappa shape index (κ2) is 6.35. The molecule has 0 aliphatic heterocycles. The number of rotatable bonds is 8. The molecule has 0 bridgehead atoms. The van der Waals surface area contributed by atoms with E-state index in [4.69, 9.17) is 5.26 Å². The molecule has 1 fully saturated rings. The predicted molar refractivity (Wildman–Crippen MR) is 73.6 cm³/mol. The molecular formula is C12H20N6S. The molecule has 1 aromatic rings. The first-order valence-corrected chi connectivity index (χ1v) is 7.63. The quantitative estimate of drug-likeness (QED) is 0.726. The summed E-state index contributed by atoms with van der Waals surface area (Å²) in [5.74, 6) is 0.858. The van der Waals surface area contributed by atoms with Crippen molar-refractivity contribution in [1.29, 1.82) is 5.26 Å². The highest BCUT2D eigenvalue weighted by molar-refractivity contribution is 7.99. The van der Waals surface area contributed by atoms with E-state index in [0.717, 1.165) is 30.4 Å². The molecule has 1 aromatic heterocycles. The lowest BCUT2D eigenvalue weighted by atomic mass is 9.93. The molecule has 0 aromatic carbocycles. The third-order valence-corrected chi connectivity index (χ3v) is 4.05. The zero-order valence-electron chi connectivity index (χ0n) is 11.5. The number of aromatic nitrogens is 4. The van der Waals surface area contributed by atoms with E-state index >= 15 is 0 Å². The largest absolute Gasteiger partial charge is 0.312 e. The molecule has 1 aliphatic rings. The maximum Gasteiger partial charge on any atom is 0.209 e. The van der Waals surface area contributed by atoms with Gasteiger partial charge in [-0.2, -0.15) is 5.26 Å². The van der Waals surface area contributed by atoms with Crippen molar-refractivity contribution in [3.05, 3.63) is 0 Å². The van der Waals surface area contributed by atoms with Gasteiger partial charge >= 0.3 is 0 Å². The summed E-state index contributed by atoms with van der Waals surface area (Å²) in [4.78, 5) is 0. The van der Waals surface area contributed by atoms with Crippen molar-refractivity contribution in [1.82, 2.24) is 25.5 Å². The fraction of sp³-hybridized carbons (Fsp3) is 0.833. The number of nitrogens with one attached hydrogen (secondary N) is 1. The smallest absolute Gasteiger partial charge is 0.209 e. The van der Waals surface area contributed by atoms with E-state index < -0.39 is 0 Å². The Morgan fingerprint density at radius 3 is 3.00 bits per heavy atom. The SMILES string of the molecule is CC(C)(C#N)CCSc1nnnn1CCNC1CC1. The van der Waals surface area contributed by atoms with Crippen LogP contribution in [0.2, 0.25) is 0 Å². The molecule has 104 valence electrons. The number of nitriles is 1. The van der Waals surface area contributed by atoms with E-state index in [0.29, 0.717) is 6.04 Å². The van der Waals surface area contributed by atoms with Crippen LogP contribution in [0.15, 0.2) is 5.16 Å². The van der Waals surface area contributed by atoms with Crippen molar-refractivity contribution in [2.75, 3.05) is 12.3 Å². The minimum absolute atomic E-state index is 0.279. The standard InChI is InChI=1S/C12H20N6S/c1-12(2,9-13)5-8-19-11-15-16-17-18(11)7-6-14-10-3-4-10/h10,14H,3-8H2,1-2H3. The molecule has 2 rings (SSSR count). The van der Waals surface area contributed by atoms with E-state index in [9.17, 15) is 0 Å². The van der Waals surface area contributed by atoms with Gasteiger partial charge in [0.1, 0.15) is 0 Å². The van der Waals surface area contributed by atoms with Crippen LogP contribution in [-0.2, 0) is 6.54 Å². The van der Waals surface area contributed by atoms with Gasteiger partial charge in [0.15, 0.2) is 0 Å². The van der Waals surface area contributed by atoms with Gasteiger partial charge in [-0.15, -0.1) is 5.10 Å². The fourth-order valence-electron chi connectivity index (χ4n) is 1.56. The molecule has 0 atom stereocenters. The van der Waals surface area contributed by atoms with Gasteiger partial charge < -0.3 is 5.32 Å². The van der Waals surface area contributed by atoms with Crippen LogP contribution in [-0.4, -0.2) is 38.5 Å². The summed E-state index contributed by atoms with van der Waals surface area (Å²) in [6, 6.07) is 3.02. The Morgan fingerprint density at radius 2 is 2.32 bits per heavy atom. The third kappa shape index (κ3) is 4.80. The van der Waals surface area contributed by atoms with Gasteiger partial charge in [-0.05, 0) is 43.5 Å². The topological polar surface area (TPSA) is 79.4 Å². The van der Waals surface area contributed by atoms with Crippen LogP contribution in [0.3, 0.4) is 0 Å². The molecule has 1 heterocycles. The van der Waals surface area contributed by atoms with E-state index in [1.54, 1.807) is 11.8 Å². The van der Waals surface area contributed by atoms with Crippen LogP contribution < -0.4 is 5.32 Å². The first-order chi connectivity index (χ1) is 9.11. The number of hydrogen-bond donors (Lipinski definition) is 1. The highest BCUT2D eigenvalue weighted by Crippen LogP contribution is 2.24. The van der Waals surface area contributed by atoms with Gasteiger partial charge in [0, 0.05) is 18.3 Å². The Bertz CT molecular complexity index is 445. The first-order valence-electron chi connectivity index (χ1n) is 6.64. The minimum atomic E-state index is -0.279. The lowest BCUT2D eigenvalue weighted by Gasteiger charge is -2.13. The van der Waals surface area contributed by atoms with Crippen molar-refractivity contribution < 1.29 is 0 Å². The fourth-order valence-corrected chi connectivity index (χ4v) is 2.72. The summed E-state index contributed by atoms with van der Waals surface area (Å²) >= 11 is 1.62. The molecule has 0 amide bonds. The van der Waals surface area contributed by atoms with Gasteiger partial charge in [0.05, 0.1) is 18.0 Å². The Kier molecular flexibility index (Phi) is 4.77. The van der Waals surface area contributed by atoms with Crippen molar-refractivity contribution >= 4 is 11.8 Å². The molecule has 1 saturated carbocycles. The zero-order chi connectivity index (χ0) is 13.7. The lowest BCUT2D eigenvalue weighted by molar-refractivity contribution is 0.480. The van der Waals surface area contributed by atoms with Crippen LogP contribution in [0.4, 0.5) is 0 Å². The van der Waals surface area contributed by atoms with Crippen LogP contribution >= 0.6 is 11.8 Å². The molecule has 0 unspecified atom stereocenters. The first kappa shape index (κ1) is 14.3. The number of hydrogen-bond acceptors (Lipinski definition) is 6. The molecule has 7 heteroatoms. The highest BCUT2D eigenvalue weighted by Gasteiger charge is 2.20. The predicted octanol–water partition coefficient (Wildman–Crippen LogP) is 1.46. The Morgan fingerprint density at radius 1 is 1.53 bits per heavy atom. The molecule has 1 aliphatic carbocycles. The average Bonchev–Trinajstić information content (AvgIpc) is 3.10. The molecular weight excluding hydrogens is 260 g/mol. The van der Waals surface area contributed by atoms with Gasteiger partial charge in [0.25, 0.3) is 0 Å². The molecule has 0 radical (unpaired) electrons. The van der Waals surface area contributed by atoms with Crippen LogP contribution in [0.25, 0.3) is 0 Å². The van der Waals surface area contributed by atoms with E-state index in [1.807, 2.05) is 18.5 Å². The summed E-state index contributed by atoms with van der Waals surface area (Å²) in [5, 5.41) is 25.0. The highest BCUT2D eigenvalue weighted by atomic mass is 32.2. The Hall–Kier alpha value is -1.13. The van der Waals surface area contributed by atoms with Gasteiger partial charge in [-0.1, -0.05) is 11.8 Å². The second-order valence-corrected chi connectivity index (χ2v) is 6.57. The van der Waals surface area contributed by atoms with Crippen molar-refractivity contribution in [2.24, 2.45) is 5.41 Å². The number of nitrogens with zero attached hydrogens (tertiary/aromatic N) is 5. The Labute approximate surface area is 117 Å². The van der Waals surface area contributed by atoms with Crippen LogP contribution in [0.1, 0.15) is 33.1 Å². The molecule has 0 spiro atoms. The van der Waals surface area contributed by atoms with Gasteiger partial charge in [-0.25, -0.2) is 4.68 Å². The number of thioether (sulfide) groups is 1. The summed E-state index contributed by atoms with van der Waals surface area (Å²) in [7, 11) is 0. The molecule has 19 heavy (non-hydrogen) atoms. The van der Waals surface area contributed by atoms with E-state index in [2.05, 4.69) is 26.9 Å². The van der Waals surface area contributed by atoms with Crippen molar-refractivity contribution in [3.8, 4) is 6.07 Å². The van der Waals surface area contributed by atoms with Crippen molar-refractivity contribution in [3.63, 3.8) is 0 Å². The summed E-state index contributed by atoms with van der Waals surface area (Å²) in [6.45, 7) is 5.62. The second-order valence-electron chi connectivity index (χ2n) is 5.51. The summed E-state index contributed by atoms with van der Waals surface area (Å²) in [5.41, 5.74) is -0.279. The molecule has 6 nitrogen and oxygen atoms in total. The Balaban J connectivity index is 1.73. The lowest BCUT2D eigenvalue weighted by Crippen LogP contribution is -2.22. The maximum absolute atomic E-state index is 8.97. The zero-order valence-corrected chi connectivity index (χ0v) is 12.3. The van der Waals surface area contributed by atoms with Gasteiger partial charge in [-0.3, -0.25) is 0 Å². The number of tetrazole rings is 1. The maximum atomic E-state index is 8.97. The summed E-state index contributed by atoms with van der Waals surface area (Å²) in [6.07, 6.45) is 3.42. The third-order valence-electron chi connectivity index (χ3n) is 3.09. The van der Waals surface area contributed by atoms with E-state index in [1.165, 1.54) is 12.8 Å². The monoisotopic (exact) mass is 280 g/mol. The van der Waals surface area contributed by atoms with Crippen molar-refractivity contribution in [2.45, 2.75) is 50.9 Å². The normalized spacial score (nSPS) is 15.4.